The third kappa shape index (κ3) is 6.90. The fraction of sp³-hybridized carbons (Fsp3) is 0.591. The molecule has 13 atom stereocenters. The minimum absolute atomic E-state index is 0.0220. The molecule has 1 aromatic heterocycles. The normalized spacial score (nSPS) is 40.0. The number of aliphatic hydroxyl groups excluding tert-OH is 2. The van der Waals surface area contributed by atoms with Crippen LogP contribution in [-0.4, -0.2) is 80.2 Å². The minimum atomic E-state index is -1.74. The molecule has 2 bridgehead atoms. The lowest BCUT2D eigenvalue weighted by atomic mass is 9.51. The maximum atomic E-state index is 15.0. The van der Waals surface area contributed by atoms with Crippen molar-refractivity contribution in [1.29, 1.82) is 0 Å². The highest BCUT2D eigenvalue weighted by atomic mass is 35.5. The van der Waals surface area contributed by atoms with Crippen molar-refractivity contribution >= 4 is 46.8 Å². The van der Waals surface area contributed by atoms with Crippen molar-refractivity contribution in [1.82, 2.24) is 10.3 Å². The van der Waals surface area contributed by atoms with Crippen molar-refractivity contribution in [2.45, 2.75) is 122 Å². The summed E-state index contributed by atoms with van der Waals surface area (Å²) in [4.78, 5) is 57.4. The number of allylic oxidation sites excluding steroid dienone is 5. The zero-order chi connectivity index (χ0) is 41.9. The molecule has 0 aromatic carbocycles. The molecule has 0 radical (unpaired) electrons. The van der Waals surface area contributed by atoms with E-state index in [0.29, 0.717) is 32.1 Å². The largest absolute Gasteiger partial charge is 0.511 e. The molecule has 12 nitrogen and oxygen atoms in total. The first-order chi connectivity index (χ1) is 27.5. The van der Waals surface area contributed by atoms with E-state index >= 15 is 4.79 Å². The number of ketones is 1. The van der Waals surface area contributed by atoms with Crippen LogP contribution in [0.1, 0.15) is 96.5 Å². The number of aromatic amines is 1. The number of carboxylic acids is 1. The van der Waals surface area contributed by atoms with Crippen LogP contribution in [0.3, 0.4) is 0 Å². The van der Waals surface area contributed by atoms with Gasteiger partial charge in [0.05, 0.1) is 34.8 Å². The third-order valence-corrected chi connectivity index (χ3v) is 14.7. The average Bonchev–Trinajstić information content (AvgIpc) is 3.65. The van der Waals surface area contributed by atoms with Gasteiger partial charge in [-0.3, -0.25) is 9.59 Å². The van der Waals surface area contributed by atoms with Crippen LogP contribution in [0.2, 0.25) is 10.2 Å². The van der Waals surface area contributed by atoms with E-state index in [0.717, 1.165) is 6.42 Å². The third-order valence-electron chi connectivity index (χ3n) is 14.2. The van der Waals surface area contributed by atoms with Gasteiger partial charge in [0, 0.05) is 29.7 Å². The van der Waals surface area contributed by atoms with Gasteiger partial charge in [-0.2, -0.15) is 0 Å². The number of aromatic nitrogens is 1. The summed E-state index contributed by atoms with van der Waals surface area (Å²) in [6.45, 7) is 9.40. The number of hydrogen-bond acceptors (Lipinski definition) is 9. The first-order valence-electron chi connectivity index (χ1n) is 20.5. The summed E-state index contributed by atoms with van der Waals surface area (Å²) in [5, 5.41) is 37.4. The molecule has 2 saturated heterocycles. The zero-order valence-corrected chi connectivity index (χ0v) is 35.0. The highest BCUT2D eigenvalue weighted by Crippen LogP contribution is 2.61. The summed E-state index contributed by atoms with van der Waals surface area (Å²) in [7, 11) is 0. The van der Waals surface area contributed by atoms with E-state index in [9.17, 15) is 29.7 Å². The molecular formula is C44H54Cl2N2O10. The Hall–Kier alpha value is -3.68. The monoisotopic (exact) mass is 840 g/mol. The maximum absolute atomic E-state index is 15.0. The van der Waals surface area contributed by atoms with Crippen LogP contribution in [0.4, 0.5) is 0 Å². The number of ether oxygens (including phenoxy) is 3. The Labute approximate surface area is 348 Å². The number of halogens is 2. The molecule has 314 valence electrons. The molecule has 4 aliphatic carbocycles. The van der Waals surface area contributed by atoms with Gasteiger partial charge >= 0.3 is 11.9 Å². The highest BCUT2D eigenvalue weighted by molar-refractivity contribution is 6.36. The lowest BCUT2D eigenvalue weighted by molar-refractivity contribution is -0.258. The van der Waals surface area contributed by atoms with E-state index in [2.05, 4.69) is 35.5 Å². The van der Waals surface area contributed by atoms with Gasteiger partial charge < -0.3 is 39.8 Å². The number of H-pyrrole nitrogens is 1. The van der Waals surface area contributed by atoms with Crippen molar-refractivity contribution < 1.29 is 48.7 Å². The van der Waals surface area contributed by atoms with E-state index in [-0.39, 0.29) is 69.3 Å². The lowest BCUT2D eigenvalue weighted by Gasteiger charge is -2.55. The molecule has 14 heteroatoms. The molecule has 7 rings (SSSR count). The molecule has 1 spiro atoms. The van der Waals surface area contributed by atoms with Gasteiger partial charge in [0.1, 0.15) is 22.2 Å². The quantitative estimate of drug-likeness (QED) is 0.104. The number of carbonyl (C=O) groups is 4. The second kappa shape index (κ2) is 16.1. The number of fused-ring (bicyclic) bond motifs is 4. The Bertz CT molecular complexity index is 1990. The number of esters is 1. The van der Waals surface area contributed by atoms with Crippen LogP contribution in [0.25, 0.3) is 0 Å². The number of amides is 1. The number of hydrogen-bond donors (Lipinski definition) is 5. The van der Waals surface area contributed by atoms with Crippen LogP contribution in [0.15, 0.2) is 65.5 Å². The topological polar surface area (TPSA) is 184 Å². The second-order valence-corrected chi connectivity index (χ2v) is 18.1. The first kappa shape index (κ1) is 42.4. The van der Waals surface area contributed by atoms with Crippen LogP contribution >= 0.6 is 23.2 Å². The van der Waals surface area contributed by atoms with Gasteiger partial charge in [0.25, 0.3) is 5.91 Å². The summed E-state index contributed by atoms with van der Waals surface area (Å²) in [5.74, 6) is -4.71. The van der Waals surface area contributed by atoms with Crippen molar-refractivity contribution in [2.75, 3.05) is 0 Å². The van der Waals surface area contributed by atoms with Crippen molar-refractivity contribution in [3.8, 4) is 0 Å². The van der Waals surface area contributed by atoms with Gasteiger partial charge in [0.2, 0.25) is 5.78 Å². The molecule has 58 heavy (non-hydrogen) atoms. The van der Waals surface area contributed by atoms with Crippen molar-refractivity contribution in [2.24, 2.45) is 40.4 Å². The molecule has 1 saturated carbocycles. The molecule has 13 unspecified atom stereocenters. The molecule has 3 heterocycles. The standard InChI is InChI=1S/C44H54Cl2N2O10/c1-6-24-20-44-38(51)33(41(55)58-44)37(50)43(7-2)25(12-10-8-9-11-17-42(44,5)21-27(24)40(53)54)14-15-26-28(43)16-13-22(3)36(26)57-32-19-30(49)34(23(4)56-32)48-39(52)35-29(45)18-31(46)47-35/h8,10-11,14-15,17-18,21-26,28,30,32,34,36,47,49-50H,6-7,9,12-13,16,19-20H2,1-5H3,(H,48,52)(H,53,54). The van der Waals surface area contributed by atoms with Gasteiger partial charge in [-0.15, -0.1) is 0 Å². The second-order valence-electron chi connectivity index (χ2n) is 17.2. The maximum Gasteiger partial charge on any atom is 0.346 e. The van der Waals surface area contributed by atoms with E-state index in [1.165, 1.54) is 6.07 Å². The molecule has 3 fully saturated rings. The molecule has 1 aromatic rings. The van der Waals surface area contributed by atoms with Crippen LogP contribution in [0, 0.1) is 40.4 Å². The Morgan fingerprint density at radius 2 is 1.86 bits per heavy atom. The van der Waals surface area contributed by atoms with Gasteiger partial charge in [0.15, 0.2) is 11.9 Å². The molecule has 6 aliphatic rings. The van der Waals surface area contributed by atoms with Gasteiger partial charge in [-0.25, -0.2) is 9.59 Å². The van der Waals surface area contributed by atoms with E-state index in [4.69, 9.17) is 37.4 Å². The Morgan fingerprint density at radius 1 is 1.10 bits per heavy atom. The summed E-state index contributed by atoms with van der Waals surface area (Å²) >= 11 is 12.2. The smallest absolute Gasteiger partial charge is 0.346 e. The van der Waals surface area contributed by atoms with Gasteiger partial charge in [-0.05, 0) is 82.1 Å². The van der Waals surface area contributed by atoms with Crippen LogP contribution in [-0.2, 0) is 28.6 Å². The van der Waals surface area contributed by atoms with Crippen LogP contribution in [0.5, 0.6) is 0 Å². The van der Waals surface area contributed by atoms with E-state index in [1.54, 1.807) is 26.0 Å². The Balaban J connectivity index is 1.22. The van der Waals surface area contributed by atoms with Crippen molar-refractivity contribution in [3.63, 3.8) is 0 Å². The number of carbonyl (C=O) groups excluding carboxylic acids is 3. The van der Waals surface area contributed by atoms with E-state index < -0.39 is 76.6 Å². The fourth-order valence-corrected chi connectivity index (χ4v) is 11.5. The number of carboxylic acid groups (broad SMARTS) is 1. The molecule has 5 N–H and O–H groups in total. The number of aliphatic carboxylic acids is 1. The summed E-state index contributed by atoms with van der Waals surface area (Å²) < 4.78 is 19.3. The number of Topliss-reactive ketones (excluding diaryl/α,β-unsaturated/α-hetero) is 1. The summed E-state index contributed by atoms with van der Waals surface area (Å²) in [5.41, 5.74) is -4.19. The van der Waals surface area contributed by atoms with Crippen LogP contribution < -0.4 is 5.32 Å². The number of rotatable bonds is 7. The number of nitrogens with one attached hydrogen (secondary N) is 2. The zero-order valence-electron chi connectivity index (χ0n) is 33.5. The number of aliphatic hydroxyl groups is 2. The SMILES string of the molecule is CCC1CC23OC(=O)C(=C(O)C4(CC)C(C=CC5C(OC6CC(O)C(NC(=O)c7[nH]c(Cl)cc7Cl)C(C)O6)C(C)CCC54)CC=CCC=CC2(C)C=C1C(=O)O)C3=O. The Kier molecular flexibility index (Phi) is 11.8. The predicted octanol–water partition coefficient (Wildman–Crippen LogP) is 7.58. The molecular weight excluding hydrogens is 787 g/mol. The average molecular weight is 842 g/mol. The molecule has 1 amide bonds. The minimum Gasteiger partial charge on any atom is -0.511 e. The highest BCUT2D eigenvalue weighted by Gasteiger charge is 2.67. The summed E-state index contributed by atoms with van der Waals surface area (Å²) in [6.07, 6.45) is 14.0. The predicted molar refractivity (Wildman–Crippen MR) is 216 cm³/mol. The van der Waals surface area contributed by atoms with Gasteiger partial charge in [-0.1, -0.05) is 86.5 Å². The summed E-state index contributed by atoms with van der Waals surface area (Å²) in [6, 6.07) is 0.665. The van der Waals surface area contributed by atoms with E-state index in [1.807, 2.05) is 26.0 Å². The Morgan fingerprint density at radius 3 is 2.52 bits per heavy atom. The molecule has 2 aliphatic heterocycles. The first-order valence-corrected chi connectivity index (χ1v) is 21.3. The fourth-order valence-electron chi connectivity index (χ4n) is 11.0. The van der Waals surface area contributed by atoms with Crippen molar-refractivity contribution in [3.05, 3.63) is 81.4 Å². The lowest BCUT2D eigenvalue weighted by Crippen LogP contribution is -2.58.